The summed E-state index contributed by atoms with van der Waals surface area (Å²) in [5, 5.41) is 10.1. The molecule has 2 heterocycles. The van der Waals surface area contributed by atoms with E-state index in [2.05, 4.69) is 27.4 Å². The molecule has 0 spiro atoms. The summed E-state index contributed by atoms with van der Waals surface area (Å²) in [5.41, 5.74) is 2.17. The molecule has 0 radical (unpaired) electrons. The lowest BCUT2D eigenvalue weighted by molar-refractivity contribution is -0.123. The van der Waals surface area contributed by atoms with E-state index in [1.54, 1.807) is 12.4 Å². The van der Waals surface area contributed by atoms with Gasteiger partial charge in [-0.05, 0) is 25.7 Å². The highest BCUT2D eigenvalue weighted by Gasteiger charge is 2.33. The van der Waals surface area contributed by atoms with Crippen molar-refractivity contribution >= 4 is 5.91 Å². The summed E-state index contributed by atoms with van der Waals surface area (Å²) in [5.74, 6) is 1.33. The van der Waals surface area contributed by atoms with E-state index in [0.29, 0.717) is 12.5 Å². The van der Waals surface area contributed by atoms with Gasteiger partial charge in [0.1, 0.15) is 5.82 Å². The van der Waals surface area contributed by atoms with Gasteiger partial charge in [0.05, 0.1) is 12.1 Å². The maximum atomic E-state index is 12.5. The molecule has 0 aliphatic heterocycles. The number of amides is 1. The molecule has 2 aromatic rings. The first-order chi connectivity index (χ1) is 10.2. The highest BCUT2D eigenvalue weighted by atomic mass is 16.1. The third kappa shape index (κ3) is 2.70. The molecule has 112 valence electrons. The molecule has 1 aliphatic rings. The van der Waals surface area contributed by atoms with Crippen molar-refractivity contribution in [2.24, 2.45) is 5.92 Å². The molecular formula is C15H21N5O. The van der Waals surface area contributed by atoms with E-state index < -0.39 is 0 Å². The molecule has 2 atom stereocenters. The molecule has 1 aliphatic carbocycles. The van der Waals surface area contributed by atoms with Crippen LogP contribution in [0.1, 0.15) is 36.3 Å². The van der Waals surface area contributed by atoms with Gasteiger partial charge in [0.2, 0.25) is 5.91 Å². The highest BCUT2D eigenvalue weighted by molar-refractivity contribution is 5.84. The van der Waals surface area contributed by atoms with Crippen LogP contribution in [-0.2, 0) is 17.8 Å². The van der Waals surface area contributed by atoms with Crippen LogP contribution in [0.2, 0.25) is 0 Å². The van der Waals surface area contributed by atoms with Gasteiger partial charge in [-0.3, -0.25) is 9.89 Å². The monoisotopic (exact) mass is 287 g/mol. The average molecular weight is 287 g/mol. The number of imidazole rings is 1. The fraction of sp³-hybridized carbons (Fsp3) is 0.533. The molecule has 0 saturated heterocycles. The molecule has 0 fully saturated rings. The zero-order chi connectivity index (χ0) is 14.8. The second kappa shape index (κ2) is 5.71. The van der Waals surface area contributed by atoms with Crippen molar-refractivity contribution in [3.63, 3.8) is 0 Å². The first-order valence-corrected chi connectivity index (χ1v) is 7.44. The van der Waals surface area contributed by atoms with E-state index in [0.717, 1.165) is 36.5 Å². The van der Waals surface area contributed by atoms with Crippen molar-refractivity contribution in [2.45, 2.75) is 39.2 Å². The van der Waals surface area contributed by atoms with Gasteiger partial charge in [0.25, 0.3) is 0 Å². The SMILES string of the molecule is Cc1nccn1CCNC(=O)C1c2cn[nH]c2CCC1C. The molecule has 2 unspecified atom stereocenters. The van der Waals surface area contributed by atoms with E-state index in [9.17, 15) is 4.79 Å². The van der Waals surface area contributed by atoms with Crippen molar-refractivity contribution in [1.29, 1.82) is 0 Å². The summed E-state index contributed by atoms with van der Waals surface area (Å²) >= 11 is 0. The molecule has 2 aromatic heterocycles. The fourth-order valence-electron chi connectivity index (χ4n) is 3.08. The number of fused-ring (bicyclic) bond motifs is 1. The molecule has 0 aromatic carbocycles. The van der Waals surface area contributed by atoms with Gasteiger partial charge in [-0.25, -0.2) is 4.98 Å². The molecule has 6 heteroatoms. The quantitative estimate of drug-likeness (QED) is 0.892. The summed E-state index contributed by atoms with van der Waals surface area (Å²) < 4.78 is 2.04. The number of H-pyrrole nitrogens is 1. The largest absolute Gasteiger partial charge is 0.354 e. The number of aromatic nitrogens is 4. The lowest BCUT2D eigenvalue weighted by Crippen LogP contribution is -2.36. The Morgan fingerprint density at radius 2 is 2.43 bits per heavy atom. The standard InChI is InChI=1S/C15H21N5O/c1-10-3-4-13-12(9-18-19-13)14(10)15(21)17-6-8-20-7-5-16-11(20)2/h5,7,9-10,14H,3-4,6,8H2,1-2H3,(H,17,21)(H,18,19). The number of aryl methyl sites for hydroxylation is 2. The van der Waals surface area contributed by atoms with Crippen molar-refractivity contribution in [1.82, 2.24) is 25.1 Å². The van der Waals surface area contributed by atoms with E-state index in [1.165, 1.54) is 0 Å². The fourth-order valence-corrected chi connectivity index (χ4v) is 3.08. The number of nitrogens with one attached hydrogen (secondary N) is 2. The van der Waals surface area contributed by atoms with E-state index in [1.807, 2.05) is 17.7 Å². The number of nitrogens with zero attached hydrogens (tertiary/aromatic N) is 3. The molecule has 0 bridgehead atoms. The third-order valence-corrected chi connectivity index (χ3v) is 4.36. The Bertz CT molecular complexity index is 630. The number of carbonyl (C=O) groups is 1. The Morgan fingerprint density at radius 1 is 1.57 bits per heavy atom. The number of aromatic amines is 1. The van der Waals surface area contributed by atoms with Gasteiger partial charge in [0, 0.05) is 36.7 Å². The number of hydrogen-bond acceptors (Lipinski definition) is 3. The minimum atomic E-state index is -0.0867. The minimum Gasteiger partial charge on any atom is -0.354 e. The Hall–Kier alpha value is -2.11. The summed E-state index contributed by atoms with van der Waals surface area (Å²) in [7, 11) is 0. The zero-order valence-electron chi connectivity index (χ0n) is 12.5. The van der Waals surface area contributed by atoms with E-state index in [4.69, 9.17) is 0 Å². The van der Waals surface area contributed by atoms with Crippen molar-refractivity contribution in [3.8, 4) is 0 Å². The molecule has 1 amide bonds. The summed E-state index contributed by atoms with van der Waals surface area (Å²) in [6.45, 7) is 5.46. The smallest absolute Gasteiger partial charge is 0.228 e. The van der Waals surface area contributed by atoms with Crippen LogP contribution in [0.5, 0.6) is 0 Å². The average Bonchev–Trinajstić information content (AvgIpc) is 3.08. The number of hydrogen-bond donors (Lipinski definition) is 2. The molecule has 2 N–H and O–H groups in total. The lowest BCUT2D eigenvalue weighted by atomic mass is 9.78. The van der Waals surface area contributed by atoms with Crippen LogP contribution < -0.4 is 5.32 Å². The second-order valence-electron chi connectivity index (χ2n) is 5.76. The van der Waals surface area contributed by atoms with Gasteiger partial charge in [0.15, 0.2) is 0 Å². The van der Waals surface area contributed by atoms with Crippen LogP contribution in [-0.4, -0.2) is 32.2 Å². The van der Waals surface area contributed by atoms with Gasteiger partial charge in [-0.1, -0.05) is 6.92 Å². The van der Waals surface area contributed by atoms with Gasteiger partial charge < -0.3 is 9.88 Å². The van der Waals surface area contributed by atoms with Crippen molar-refractivity contribution in [2.75, 3.05) is 6.54 Å². The van der Waals surface area contributed by atoms with Crippen LogP contribution in [0.3, 0.4) is 0 Å². The molecule has 21 heavy (non-hydrogen) atoms. The normalized spacial score (nSPS) is 21.0. The van der Waals surface area contributed by atoms with Crippen molar-refractivity contribution in [3.05, 3.63) is 35.7 Å². The maximum Gasteiger partial charge on any atom is 0.228 e. The van der Waals surface area contributed by atoms with Crippen LogP contribution >= 0.6 is 0 Å². The molecule has 6 nitrogen and oxygen atoms in total. The molecular weight excluding hydrogens is 266 g/mol. The summed E-state index contributed by atoms with van der Waals surface area (Å²) in [6.07, 6.45) is 7.51. The minimum absolute atomic E-state index is 0.0867. The second-order valence-corrected chi connectivity index (χ2v) is 5.76. The molecule has 0 saturated carbocycles. The zero-order valence-corrected chi connectivity index (χ0v) is 12.5. The predicted molar refractivity (Wildman–Crippen MR) is 78.8 cm³/mol. The first kappa shape index (κ1) is 13.9. The Balaban J connectivity index is 1.62. The Kier molecular flexibility index (Phi) is 3.77. The predicted octanol–water partition coefficient (Wildman–Crippen LogP) is 1.40. The Morgan fingerprint density at radius 3 is 3.19 bits per heavy atom. The lowest BCUT2D eigenvalue weighted by Gasteiger charge is -2.27. The Labute approximate surface area is 124 Å². The van der Waals surface area contributed by atoms with Crippen molar-refractivity contribution < 1.29 is 4.79 Å². The van der Waals surface area contributed by atoms with Gasteiger partial charge in [-0.2, -0.15) is 5.10 Å². The number of rotatable bonds is 4. The third-order valence-electron chi connectivity index (χ3n) is 4.36. The van der Waals surface area contributed by atoms with Crippen LogP contribution in [0.25, 0.3) is 0 Å². The highest BCUT2D eigenvalue weighted by Crippen LogP contribution is 2.34. The van der Waals surface area contributed by atoms with Crippen LogP contribution in [0, 0.1) is 12.8 Å². The van der Waals surface area contributed by atoms with Crippen LogP contribution in [0.15, 0.2) is 18.6 Å². The van der Waals surface area contributed by atoms with Crippen LogP contribution in [0.4, 0.5) is 0 Å². The van der Waals surface area contributed by atoms with E-state index in [-0.39, 0.29) is 11.8 Å². The maximum absolute atomic E-state index is 12.5. The number of carbonyl (C=O) groups excluding carboxylic acids is 1. The van der Waals surface area contributed by atoms with E-state index >= 15 is 0 Å². The summed E-state index contributed by atoms with van der Waals surface area (Å²) in [6, 6.07) is 0. The van der Waals surface area contributed by atoms with Gasteiger partial charge >= 0.3 is 0 Å². The van der Waals surface area contributed by atoms with Gasteiger partial charge in [-0.15, -0.1) is 0 Å². The first-order valence-electron chi connectivity index (χ1n) is 7.44. The molecule has 3 rings (SSSR count). The topological polar surface area (TPSA) is 75.6 Å². The summed E-state index contributed by atoms with van der Waals surface area (Å²) in [4.78, 5) is 16.7.